The summed E-state index contributed by atoms with van der Waals surface area (Å²) in [7, 11) is 0. The molecule has 0 aromatic heterocycles. The van der Waals surface area contributed by atoms with Crippen LogP contribution in [0.1, 0.15) is 110 Å². The first-order valence-electron chi connectivity index (χ1n) is 9.26. The summed E-state index contributed by atoms with van der Waals surface area (Å²) in [6.07, 6.45) is 21.1. The van der Waals surface area contributed by atoms with Gasteiger partial charge in [0.15, 0.2) is 0 Å². The second kappa shape index (κ2) is 22.3. The molecular weight excluding hydrogens is 473 g/mol. The van der Waals surface area contributed by atoms with Crippen molar-refractivity contribution in [2.75, 3.05) is 0 Å². The summed E-state index contributed by atoms with van der Waals surface area (Å²) < 4.78 is 4.80. The molecule has 0 atom stereocenters. The van der Waals surface area contributed by atoms with Crippen LogP contribution >= 0.6 is 0 Å². The number of hydrogen-bond donors (Lipinski definition) is 0. The van der Waals surface area contributed by atoms with Crippen molar-refractivity contribution < 1.29 is 61.0 Å². The molecular formula is C18H35Cd2O2. The van der Waals surface area contributed by atoms with Crippen molar-refractivity contribution in [3.05, 3.63) is 0 Å². The zero-order valence-electron chi connectivity index (χ0n) is 15.0. The van der Waals surface area contributed by atoms with Crippen LogP contribution in [-0.4, -0.2) is 5.97 Å². The number of unbranched alkanes of at least 4 members (excludes halogenated alkanes) is 14. The number of carbonyl (C=O) groups is 1. The van der Waals surface area contributed by atoms with Crippen molar-refractivity contribution in [2.45, 2.75) is 110 Å². The van der Waals surface area contributed by atoms with Crippen molar-refractivity contribution in [2.24, 2.45) is 0 Å². The SMILES string of the molecule is CCCCCCCCCCCCCCCCCC(=O)[O][Cd].[Cd]. The summed E-state index contributed by atoms with van der Waals surface area (Å²) in [6, 6.07) is 0. The summed E-state index contributed by atoms with van der Waals surface area (Å²) in [5, 5.41) is 0. The van der Waals surface area contributed by atoms with E-state index in [-0.39, 0.29) is 33.3 Å². The third-order valence-corrected chi connectivity index (χ3v) is 5.06. The maximum atomic E-state index is 11.0. The third kappa shape index (κ3) is 21.3. The normalized spacial score (nSPS) is 10.3. The molecule has 0 aliphatic heterocycles. The van der Waals surface area contributed by atoms with Gasteiger partial charge in [0.1, 0.15) is 0 Å². The van der Waals surface area contributed by atoms with Gasteiger partial charge in [-0.05, 0) is 0 Å². The monoisotopic (exact) mass is 511 g/mol. The van der Waals surface area contributed by atoms with E-state index in [1.807, 2.05) is 0 Å². The zero-order chi connectivity index (χ0) is 15.6. The van der Waals surface area contributed by atoms with Gasteiger partial charge in [-0.1, -0.05) is 45.4 Å². The molecule has 0 aliphatic carbocycles. The van der Waals surface area contributed by atoms with Crippen LogP contribution in [0.4, 0.5) is 0 Å². The molecule has 0 fully saturated rings. The molecule has 0 aromatic rings. The average Bonchev–Trinajstić information content (AvgIpc) is 2.50. The third-order valence-electron chi connectivity index (χ3n) is 4.15. The van der Waals surface area contributed by atoms with Gasteiger partial charge in [0.25, 0.3) is 0 Å². The van der Waals surface area contributed by atoms with E-state index < -0.39 is 0 Å². The number of carbonyl (C=O) groups excluding carboxylic acids is 1. The Hall–Kier alpha value is 1.31. The second-order valence-electron chi connectivity index (χ2n) is 6.22. The Morgan fingerprint density at radius 2 is 1.00 bits per heavy atom. The first-order valence-corrected chi connectivity index (χ1v) is 10.9. The zero-order valence-corrected chi connectivity index (χ0v) is 23.1. The molecule has 0 spiro atoms. The Balaban J connectivity index is 0. The molecule has 0 N–H and O–H groups in total. The maximum Gasteiger partial charge on any atom is 0 e. The van der Waals surface area contributed by atoms with Crippen LogP contribution in [0, 0.1) is 0 Å². The van der Waals surface area contributed by atoms with E-state index >= 15 is 0 Å². The summed E-state index contributed by atoms with van der Waals surface area (Å²) >= 11 is 0.338. The molecule has 0 radical (unpaired) electrons. The number of hydrogen-bond acceptors (Lipinski definition) is 2. The topological polar surface area (TPSA) is 26.3 Å². The smallest absolute Gasteiger partial charge is 0 e. The molecule has 0 rings (SSSR count). The van der Waals surface area contributed by atoms with Gasteiger partial charge in [0, 0.05) is 27.3 Å². The van der Waals surface area contributed by atoms with Crippen molar-refractivity contribution >= 4 is 5.97 Å². The summed E-state index contributed by atoms with van der Waals surface area (Å²) in [5.74, 6) is 0.0105. The van der Waals surface area contributed by atoms with E-state index in [2.05, 4.69) is 6.92 Å². The van der Waals surface area contributed by atoms with Crippen LogP contribution in [0.15, 0.2) is 0 Å². The maximum absolute atomic E-state index is 11.0. The van der Waals surface area contributed by atoms with E-state index in [9.17, 15) is 4.79 Å². The van der Waals surface area contributed by atoms with E-state index in [0.29, 0.717) is 32.6 Å². The minimum atomic E-state index is 0. The van der Waals surface area contributed by atoms with Gasteiger partial charge in [0.2, 0.25) is 0 Å². The van der Waals surface area contributed by atoms with Gasteiger partial charge in [0.05, 0.1) is 0 Å². The van der Waals surface area contributed by atoms with Crippen LogP contribution in [0.2, 0.25) is 0 Å². The van der Waals surface area contributed by atoms with Crippen molar-refractivity contribution in [3.8, 4) is 0 Å². The molecule has 0 aromatic carbocycles. The molecule has 0 heterocycles. The van der Waals surface area contributed by atoms with E-state index in [0.717, 1.165) is 6.42 Å². The largest absolute Gasteiger partial charge is 0 e. The van der Waals surface area contributed by atoms with Crippen LogP contribution in [0.3, 0.4) is 0 Å². The van der Waals surface area contributed by atoms with Gasteiger partial charge in [-0.3, -0.25) is 0 Å². The Morgan fingerprint density at radius 1 is 0.682 bits per heavy atom. The average molecular weight is 508 g/mol. The first kappa shape index (κ1) is 25.6. The van der Waals surface area contributed by atoms with Crippen LogP contribution < -0.4 is 0 Å². The molecule has 22 heavy (non-hydrogen) atoms. The Morgan fingerprint density at radius 3 is 1.32 bits per heavy atom. The predicted molar refractivity (Wildman–Crippen MR) is 85.6 cm³/mol. The fourth-order valence-corrected chi connectivity index (χ4v) is 3.12. The minimum absolute atomic E-state index is 0. The Bertz CT molecular complexity index is 223. The Kier molecular flexibility index (Phi) is 25.9. The Labute approximate surface area is 175 Å². The van der Waals surface area contributed by atoms with Gasteiger partial charge < -0.3 is 0 Å². The molecule has 0 unspecified atom stereocenters. The molecule has 0 saturated carbocycles. The molecule has 0 bridgehead atoms. The standard InChI is InChI=1S/C18H36O2.2Cd/c1-2-3-4-5-6-7-8-9-10-11-12-13-14-15-16-17-18(19)20;;/h2-17H2,1H3,(H,19,20);;/q;;+1/p-1. The fraction of sp³-hybridized carbons (Fsp3) is 0.944. The van der Waals surface area contributed by atoms with Gasteiger partial charge in [-0.15, -0.1) is 0 Å². The van der Waals surface area contributed by atoms with Crippen molar-refractivity contribution in [3.63, 3.8) is 0 Å². The summed E-state index contributed by atoms with van der Waals surface area (Å²) in [6.45, 7) is 2.28. The molecule has 4 heteroatoms. The molecule has 0 amide bonds. The quantitative estimate of drug-likeness (QED) is 0.182. The summed E-state index contributed by atoms with van der Waals surface area (Å²) in [5.41, 5.74) is 0. The van der Waals surface area contributed by atoms with E-state index in [1.165, 1.54) is 89.9 Å². The van der Waals surface area contributed by atoms with E-state index in [1.54, 1.807) is 0 Å². The minimum Gasteiger partial charge on any atom is 0 e. The van der Waals surface area contributed by atoms with Crippen LogP contribution in [-0.2, 0) is 61.0 Å². The van der Waals surface area contributed by atoms with Gasteiger partial charge in [-0.25, -0.2) is 0 Å². The second-order valence-corrected chi connectivity index (χ2v) is 7.04. The van der Waals surface area contributed by atoms with Crippen LogP contribution in [0.25, 0.3) is 0 Å². The van der Waals surface area contributed by atoms with Crippen molar-refractivity contribution in [1.29, 1.82) is 0 Å². The molecule has 123 valence electrons. The number of rotatable bonds is 16. The molecule has 0 aliphatic rings. The van der Waals surface area contributed by atoms with Crippen molar-refractivity contribution in [1.82, 2.24) is 0 Å². The fourth-order valence-electron chi connectivity index (χ4n) is 2.71. The predicted octanol–water partition coefficient (Wildman–Crippen LogP) is 6.25. The molecule has 0 saturated heterocycles. The molecule has 2 nitrogen and oxygen atoms in total. The van der Waals surface area contributed by atoms with E-state index in [4.69, 9.17) is 2.69 Å². The summed E-state index contributed by atoms with van der Waals surface area (Å²) in [4.78, 5) is 11.0. The van der Waals surface area contributed by atoms with Gasteiger partial charge in [-0.2, -0.15) is 0 Å². The van der Waals surface area contributed by atoms with Crippen LogP contribution in [0.5, 0.6) is 0 Å². The van der Waals surface area contributed by atoms with Gasteiger partial charge >= 0.3 is 104 Å². The first-order chi connectivity index (χ1) is 10.3.